The highest BCUT2D eigenvalue weighted by molar-refractivity contribution is 5.83. The topological polar surface area (TPSA) is 54.7 Å². The fourth-order valence-electron chi connectivity index (χ4n) is 2.29. The van der Waals surface area contributed by atoms with Crippen molar-refractivity contribution >= 4 is 10.9 Å². The van der Waals surface area contributed by atoms with Gasteiger partial charge in [0.1, 0.15) is 0 Å². The highest BCUT2D eigenvalue weighted by atomic mass is 16.5. The van der Waals surface area contributed by atoms with Crippen LogP contribution in [0.5, 0.6) is 0 Å². The Bertz CT molecular complexity index is 694. The van der Waals surface area contributed by atoms with Gasteiger partial charge < -0.3 is 9.51 Å². The summed E-state index contributed by atoms with van der Waals surface area (Å²) in [5, 5.41) is 5.27. The minimum Gasteiger partial charge on any atom is -0.361 e. The predicted molar refractivity (Wildman–Crippen MR) is 67.4 cm³/mol. The van der Waals surface area contributed by atoms with Gasteiger partial charge in [-0.3, -0.25) is 0 Å². The van der Waals surface area contributed by atoms with Gasteiger partial charge in [0.05, 0.1) is 6.42 Å². The fraction of sp³-hybridized carbons (Fsp3) is 0.286. The van der Waals surface area contributed by atoms with Gasteiger partial charge in [0.25, 0.3) is 0 Å². The lowest BCUT2D eigenvalue weighted by Gasteiger charge is -1.93. The predicted octanol–water partition coefficient (Wildman–Crippen LogP) is 3.02. The first-order valence-corrected chi connectivity index (χ1v) is 6.27. The third-order valence-electron chi connectivity index (χ3n) is 3.44. The van der Waals surface area contributed by atoms with Crippen LogP contribution in [0, 0.1) is 0 Å². The van der Waals surface area contributed by atoms with E-state index in [4.69, 9.17) is 4.52 Å². The number of aromatic nitrogens is 3. The smallest absolute Gasteiger partial charge is 0.231 e. The molecule has 0 radical (unpaired) electrons. The second-order valence-corrected chi connectivity index (χ2v) is 4.86. The molecule has 1 aromatic carbocycles. The largest absolute Gasteiger partial charge is 0.361 e. The summed E-state index contributed by atoms with van der Waals surface area (Å²) < 4.78 is 5.31. The molecule has 1 saturated carbocycles. The first-order chi connectivity index (χ1) is 8.90. The standard InChI is InChI=1S/C14H13N3O/c1-2-4-12-11(3-1)10(8-15-12)7-13-16-14(17-18-13)9-5-6-9/h1-4,8-9,15H,5-7H2. The number of aromatic amines is 1. The molecule has 18 heavy (non-hydrogen) atoms. The maximum absolute atomic E-state index is 5.31. The minimum absolute atomic E-state index is 0.547. The summed E-state index contributed by atoms with van der Waals surface area (Å²) in [4.78, 5) is 7.72. The van der Waals surface area contributed by atoms with E-state index in [1.807, 2.05) is 18.3 Å². The van der Waals surface area contributed by atoms with Crippen molar-refractivity contribution in [3.63, 3.8) is 0 Å². The minimum atomic E-state index is 0.547. The number of benzene rings is 1. The lowest BCUT2D eigenvalue weighted by molar-refractivity contribution is 0.379. The van der Waals surface area contributed by atoms with Gasteiger partial charge >= 0.3 is 0 Å². The molecule has 0 saturated heterocycles. The van der Waals surface area contributed by atoms with E-state index in [2.05, 4.69) is 27.3 Å². The van der Waals surface area contributed by atoms with Crippen molar-refractivity contribution in [2.75, 3.05) is 0 Å². The Hall–Kier alpha value is -2.10. The van der Waals surface area contributed by atoms with E-state index < -0.39 is 0 Å². The first kappa shape index (κ1) is 9.88. The quantitative estimate of drug-likeness (QED) is 0.764. The highest BCUT2D eigenvalue weighted by Crippen LogP contribution is 2.38. The van der Waals surface area contributed by atoms with Gasteiger partial charge in [-0.05, 0) is 24.5 Å². The van der Waals surface area contributed by atoms with Crippen molar-refractivity contribution in [1.29, 1.82) is 0 Å². The number of hydrogen-bond acceptors (Lipinski definition) is 3. The average molecular weight is 239 g/mol. The lowest BCUT2D eigenvalue weighted by Crippen LogP contribution is -1.88. The van der Waals surface area contributed by atoms with E-state index >= 15 is 0 Å². The van der Waals surface area contributed by atoms with Crippen LogP contribution in [0.2, 0.25) is 0 Å². The Morgan fingerprint density at radius 2 is 2.17 bits per heavy atom. The number of hydrogen-bond donors (Lipinski definition) is 1. The van der Waals surface area contributed by atoms with E-state index in [1.54, 1.807) is 0 Å². The fourth-order valence-corrected chi connectivity index (χ4v) is 2.29. The summed E-state index contributed by atoms with van der Waals surface area (Å²) in [7, 11) is 0. The molecule has 2 heterocycles. The van der Waals surface area contributed by atoms with Gasteiger partial charge in [0, 0.05) is 23.0 Å². The first-order valence-electron chi connectivity index (χ1n) is 6.27. The summed E-state index contributed by atoms with van der Waals surface area (Å²) in [5.74, 6) is 2.14. The highest BCUT2D eigenvalue weighted by Gasteiger charge is 2.28. The van der Waals surface area contributed by atoms with Crippen LogP contribution in [0.4, 0.5) is 0 Å². The van der Waals surface area contributed by atoms with Crippen LogP contribution in [0.25, 0.3) is 10.9 Å². The Labute approximate surface area is 104 Å². The Morgan fingerprint density at radius 3 is 3.06 bits per heavy atom. The molecule has 0 bridgehead atoms. The van der Waals surface area contributed by atoms with Crippen molar-refractivity contribution in [1.82, 2.24) is 15.1 Å². The average Bonchev–Trinajstić information content (AvgIpc) is 3.02. The molecule has 2 aromatic heterocycles. The van der Waals surface area contributed by atoms with E-state index in [-0.39, 0.29) is 0 Å². The molecule has 90 valence electrons. The van der Waals surface area contributed by atoms with Gasteiger partial charge in [-0.2, -0.15) is 4.98 Å². The molecule has 1 N–H and O–H groups in total. The number of para-hydroxylation sites is 1. The second kappa shape index (κ2) is 3.70. The van der Waals surface area contributed by atoms with Crippen molar-refractivity contribution < 1.29 is 4.52 Å². The van der Waals surface area contributed by atoms with Crippen LogP contribution in [-0.2, 0) is 6.42 Å². The van der Waals surface area contributed by atoms with Gasteiger partial charge in [-0.15, -0.1) is 0 Å². The molecule has 4 rings (SSSR count). The molecule has 0 spiro atoms. The zero-order valence-corrected chi connectivity index (χ0v) is 9.89. The third-order valence-corrected chi connectivity index (χ3v) is 3.44. The molecule has 1 aliphatic rings. The molecule has 0 aliphatic heterocycles. The van der Waals surface area contributed by atoms with E-state index in [9.17, 15) is 0 Å². The van der Waals surface area contributed by atoms with Crippen molar-refractivity contribution in [2.24, 2.45) is 0 Å². The monoisotopic (exact) mass is 239 g/mol. The molecule has 1 aliphatic carbocycles. The number of nitrogens with zero attached hydrogens (tertiary/aromatic N) is 2. The summed E-state index contributed by atoms with van der Waals surface area (Å²) in [6.45, 7) is 0. The SMILES string of the molecule is c1ccc2c(Cc3nc(C4CC4)no3)c[nH]c2c1. The Kier molecular flexibility index (Phi) is 2.03. The normalized spacial score (nSPS) is 15.3. The number of H-pyrrole nitrogens is 1. The van der Waals surface area contributed by atoms with Crippen molar-refractivity contribution in [3.05, 3.63) is 47.7 Å². The maximum atomic E-state index is 5.31. The van der Waals surface area contributed by atoms with Crippen molar-refractivity contribution in [3.8, 4) is 0 Å². The molecule has 3 aromatic rings. The lowest BCUT2D eigenvalue weighted by atomic mass is 10.1. The molecule has 0 atom stereocenters. The van der Waals surface area contributed by atoms with Crippen molar-refractivity contribution in [2.45, 2.75) is 25.2 Å². The molecule has 1 fully saturated rings. The molecular weight excluding hydrogens is 226 g/mol. The molecule has 4 heteroatoms. The van der Waals surface area contributed by atoms with E-state index in [1.165, 1.54) is 23.8 Å². The van der Waals surface area contributed by atoms with Gasteiger partial charge in [-0.1, -0.05) is 23.4 Å². The van der Waals surface area contributed by atoms with Gasteiger partial charge in [-0.25, -0.2) is 0 Å². The number of nitrogens with one attached hydrogen (secondary N) is 1. The van der Waals surface area contributed by atoms with E-state index in [0.29, 0.717) is 18.2 Å². The zero-order chi connectivity index (χ0) is 11.9. The second-order valence-electron chi connectivity index (χ2n) is 4.86. The van der Waals surface area contributed by atoms with Crippen LogP contribution in [0.1, 0.15) is 36.0 Å². The van der Waals surface area contributed by atoms with Crippen LogP contribution >= 0.6 is 0 Å². The van der Waals surface area contributed by atoms with Gasteiger partial charge in [0.2, 0.25) is 5.89 Å². The summed E-state index contributed by atoms with van der Waals surface area (Å²) in [5.41, 5.74) is 2.35. The maximum Gasteiger partial charge on any atom is 0.231 e. The number of fused-ring (bicyclic) bond motifs is 1. The molecule has 4 nitrogen and oxygen atoms in total. The zero-order valence-electron chi connectivity index (χ0n) is 9.89. The molecule has 0 unspecified atom stereocenters. The third kappa shape index (κ3) is 1.61. The summed E-state index contributed by atoms with van der Waals surface area (Å²) >= 11 is 0. The molecule has 0 amide bonds. The molecular formula is C14H13N3O. The van der Waals surface area contributed by atoms with Crippen LogP contribution in [-0.4, -0.2) is 15.1 Å². The summed E-state index contributed by atoms with van der Waals surface area (Å²) in [6, 6.07) is 8.26. The van der Waals surface area contributed by atoms with Crippen LogP contribution in [0.15, 0.2) is 35.0 Å². The number of rotatable bonds is 3. The summed E-state index contributed by atoms with van der Waals surface area (Å²) in [6.07, 6.45) is 5.12. The van der Waals surface area contributed by atoms with Crippen LogP contribution < -0.4 is 0 Å². The van der Waals surface area contributed by atoms with Gasteiger partial charge in [0.15, 0.2) is 5.82 Å². The Balaban J connectivity index is 1.66. The Morgan fingerprint density at radius 1 is 1.28 bits per heavy atom. The van der Waals surface area contributed by atoms with E-state index in [0.717, 1.165) is 11.3 Å². The van der Waals surface area contributed by atoms with Crippen LogP contribution in [0.3, 0.4) is 0 Å².